The Morgan fingerprint density at radius 3 is 2.59 bits per heavy atom. The number of hydrogen-bond donors (Lipinski definition) is 1. The summed E-state index contributed by atoms with van der Waals surface area (Å²) in [5.41, 5.74) is 1.77. The molecule has 0 radical (unpaired) electrons. The number of benzene rings is 2. The first-order valence-electron chi connectivity index (χ1n) is 9.94. The fourth-order valence-electron chi connectivity index (χ4n) is 4.21. The van der Waals surface area contributed by atoms with Crippen molar-refractivity contribution in [1.29, 1.82) is 0 Å². The zero-order valence-electron chi connectivity index (χ0n) is 16.9. The van der Waals surface area contributed by atoms with Crippen molar-refractivity contribution in [3.05, 3.63) is 64.7 Å². The van der Waals surface area contributed by atoms with Crippen LogP contribution in [0.4, 0.5) is 5.69 Å². The highest BCUT2D eigenvalue weighted by atomic mass is 16.5. The maximum atomic E-state index is 13.3. The molecule has 2 heterocycles. The van der Waals surface area contributed by atoms with Crippen LogP contribution in [0, 0.1) is 13.8 Å². The van der Waals surface area contributed by atoms with Gasteiger partial charge in [0.15, 0.2) is 11.4 Å². The number of rotatable bonds is 5. The Hall–Kier alpha value is -2.54. The lowest BCUT2D eigenvalue weighted by molar-refractivity contribution is -0.136. The quantitative estimate of drug-likeness (QED) is 0.789. The molecule has 6 heteroatoms. The van der Waals surface area contributed by atoms with Gasteiger partial charge in [-0.15, -0.1) is 0 Å². The molecule has 0 bridgehead atoms. The zero-order chi connectivity index (χ0) is 20.6. The number of fused-ring (bicyclic) bond motifs is 1. The van der Waals surface area contributed by atoms with Crippen LogP contribution in [0.3, 0.4) is 0 Å². The summed E-state index contributed by atoms with van der Waals surface area (Å²) in [5.74, 6) is -0.676. The number of carbonyl (C=O) groups excluding carboxylic acids is 2. The van der Waals surface area contributed by atoms with E-state index >= 15 is 0 Å². The van der Waals surface area contributed by atoms with Crippen LogP contribution in [0.15, 0.2) is 42.5 Å². The Morgan fingerprint density at radius 1 is 1.14 bits per heavy atom. The van der Waals surface area contributed by atoms with E-state index in [1.807, 2.05) is 38.1 Å². The molecule has 2 aromatic rings. The Labute approximate surface area is 170 Å². The highest BCUT2D eigenvalue weighted by Gasteiger charge is 2.51. The molecule has 1 amide bonds. The second-order valence-corrected chi connectivity index (χ2v) is 7.90. The molecule has 0 saturated carbocycles. The molecule has 4 rings (SSSR count). The van der Waals surface area contributed by atoms with Crippen molar-refractivity contribution in [2.75, 3.05) is 37.9 Å². The van der Waals surface area contributed by atoms with Gasteiger partial charge in [-0.25, -0.2) is 0 Å². The minimum Gasteiger partial charge on any atom is -0.379 e. The van der Waals surface area contributed by atoms with Crippen LogP contribution >= 0.6 is 0 Å². The second kappa shape index (κ2) is 7.71. The number of hydrogen-bond acceptors (Lipinski definition) is 5. The van der Waals surface area contributed by atoms with Gasteiger partial charge >= 0.3 is 0 Å². The SMILES string of the molecule is Cc1ccc(C(=O)CC2(O)C(=O)N(CN3CCOCC3)c3ccccc32)c(C)c1. The number of amides is 1. The smallest absolute Gasteiger partial charge is 0.265 e. The van der Waals surface area contributed by atoms with E-state index in [2.05, 4.69) is 4.90 Å². The Morgan fingerprint density at radius 2 is 1.86 bits per heavy atom. The van der Waals surface area contributed by atoms with Gasteiger partial charge < -0.3 is 9.84 Å². The van der Waals surface area contributed by atoms with E-state index in [1.165, 1.54) is 0 Å². The summed E-state index contributed by atoms with van der Waals surface area (Å²) < 4.78 is 5.38. The second-order valence-electron chi connectivity index (χ2n) is 7.90. The van der Waals surface area contributed by atoms with Gasteiger partial charge in [0, 0.05) is 24.2 Å². The number of morpholine rings is 1. The molecule has 1 saturated heterocycles. The van der Waals surface area contributed by atoms with Crippen LogP contribution in [0.25, 0.3) is 0 Å². The summed E-state index contributed by atoms with van der Waals surface area (Å²) in [6.45, 7) is 6.92. The monoisotopic (exact) mass is 394 g/mol. The molecule has 1 N–H and O–H groups in total. The molecule has 152 valence electrons. The van der Waals surface area contributed by atoms with E-state index < -0.39 is 11.5 Å². The standard InChI is InChI=1S/C23H26N2O4/c1-16-7-8-18(17(2)13-16)21(26)14-23(28)19-5-3-4-6-20(19)25(22(23)27)15-24-9-11-29-12-10-24/h3-8,13,28H,9-12,14-15H2,1-2H3. The van der Waals surface area contributed by atoms with E-state index in [0.29, 0.717) is 36.7 Å². The predicted octanol–water partition coefficient (Wildman–Crippen LogP) is 2.40. The summed E-state index contributed by atoms with van der Waals surface area (Å²) in [6, 6.07) is 12.8. The first-order valence-corrected chi connectivity index (χ1v) is 9.94. The molecule has 1 unspecified atom stereocenters. The van der Waals surface area contributed by atoms with Crippen LogP contribution in [-0.4, -0.2) is 54.7 Å². The first kappa shape index (κ1) is 19.8. The number of aliphatic hydroxyl groups is 1. The van der Waals surface area contributed by atoms with E-state index in [4.69, 9.17) is 4.74 Å². The molecular weight excluding hydrogens is 368 g/mol. The number of anilines is 1. The number of carbonyl (C=O) groups is 2. The molecule has 1 fully saturated rings. The number of Topliss-reactive ketones (excluding diaryl/α,β-unsaturated/α-hetero) is 1. The van der Waals surface area contributed by atoms with E-state index in [-0.39, 0.29) is 12.2 Å². The topological polar surface area (TPSA) is 70.1 Å². The van der Waals surface area contributed by atoms with Gasteiger partial charge in [-0.05, 0) is 25.5 Å². The molecule has 1 atom stereocenters. The van der Waals surface area contributed by atoms with E-state index in [9.17, 15) is 14.7 Å². The van der Waals surface area contributed by atoms with Crippen molar-refractivity contribution < 1.29 is 19.4 Å². The first-order chi connectivity index (χ1) is 13.9. The average Bonchev–Trinajstić information content (AvgIpc) is 2.91. The summed E-state index contributed by atoms with van der Waals surface area (Å²) in [7, 11) is 0. The number of para-hydroxylation sites is 1. The predicted molar refractivity (Wildman–Crippen MR) is 110 cm³/mol. The summed E-state index contributed by atoms with van der Waals surface area (Å²) in [5, 5.41) is 11.4. The number of nitrogens with zero attached hydrogens (tertiary/aromatic N) is 2. The third-order valence-corrected chi connectivity index (χ3v) is 5.78. The molecule has 0 spiro atoms. The normalized spacial score (nSPS) is 22.0. The van der Waals surface area contributed by atoms with Gasteiger partial charge in [-0.1, -0.05) is 42.0 Å². The molecular formula is C23H26N2O4. The summed E-state index contributed by atoms with van der Waals surface area (Å²) in [6.07, 6.45) is -0.271. The molecule has 29 heavy (non-hydrogen) atoms. The Bertz CT molecular complexity index is 952. The Balaban J connectivity index is 1.63. The van der Waals surface area contributed by atoms with Gasteiger partial charge in [0.05, 0.1) is 32.0 Å². The lowest BCUT2D eigenvalue weighted by atomic mass is 9.87. The lowest BCUT2D eigenvalue weighted by Gasteiger charge is -2.31. The number of ketones is 1. The number of ether oxygens (including phenoxy) is 1. The third-order valence-electron chi connectivity index (χ3n) is 5.78. The molecule has 0 aliphatic carbocycles. The maximum absolute atomic E-state index is 13.3. The van der Waals surface area contributed by atoms with Gasteiger partial charge in [0.2, 0.25) is 0 Å². The molecule has 6 nitrogen and oxygen atoms in total. The Kier molecular flexibility index (Phi) is 5.25. The fraction of sp³-hybridized carbons (Fsp3) is 0.391. The van der Waals surface area contributed by atoms with E-state index in [0.717, 1.165) is 24.2 Å². The summed E-state index contributed by atoms with van der Waals surface area (Å²) >= 11 is 0. The fourth-order valence-corrected chi connectivity index (χ4v) is 4.21. The van der Waals surface area contributed by atoms with Gasteiger partial charge in [-0.2, -0.15) is 0 Å². The largest absolute Gasteiger partial charge is 0.379 e. The highest BCUT2D eigenvalue weighted by Crippen LogP contribution is 2.43. The van der Waals surface area contributed by atoms with Crippen molar-refractivity contribution in [3.63, 3.8) is 0 Å². The van der Waals surface area contributed by atoms with Crippen molar-refractivity contribution in [2.45, 2.75) is 25.9 Å². The van der Waals surface area contributed by atoms with Crippen LogP contribution in [0.5, 0.6) is 0 Å². The van der Waals surface area contributed by atoms with Crippen LogP contribution in [0.1, 0.15) is 33.5 Å². The van der Waals surface area contributed by atoms with Crippen molar-refractivity contribution in [2.24, 2.45) is 0 Å². The minimum absolute atomic E-state index is 0.235. The van der Waals surface area contributed by atoms with Gasteiger partial charge in [0.1, 0.15) is 0 Å². The lowest BCUT2D eigenvalue weighted by Crippen LogP contribution is -2.49. The van der Waals surface area contributed by atoms with E-state index in [1.54, 1.807) is 23.1 Å². The molecule has 2 aliphatic rings. The van der Waals surface area contributed by atoms with Crippen molar-refractivity contribution in [1.82, 2.24) is 4.90 Å². The van der Waals surface area contributed by atoms with Crippen molar-refractivity contribution >= 4 is 17.4 Å². The molecule has 2 aromatic carbocycles. The molecule has 0 aromatic heterocycles. The third kappa shape index (κ3) is 3.59. The minimum atomic E-state index is -1.85. The van der Waals surface area contributed by atoms with Gasteiger partial charge in [0.25, 0.3) is 5.91 Å². The van der Waals surface area contributed by atoms with Crippen LogP contribution in [-0.2, 0) is 15.1 Å². The number of aryl methyl sites for hydroxylation is 2. The van der Waals surface area contributed by atoms with Crippen LogP contribution in [0.2, 0.25) is 0 Å². The highest BCUT2D eigenvalue weighted by molar-refractivity contribution is 6.11. The zero-order valence-corrected chi connectivity index (χ0v) is 16.9. The van der Waals surface area contributed by atoms with Crippen molar-refractivity contribution in [3.8, 4) is 0 Å². The van der Waals surface area contributed by atoms with Gasteiger partial charge in [-0.3, -0.25) is 19.4 Å². The summed E-state index contributed by atoms with van der Waals surface area (Å²) in [4.78, 5) is 30.1. The van der Waals surface area contributed by atoms with Crippen LogP contribution < -0.4 is 4.90 Å². The average molecular weight is 394 g/mol. The maximum Gasteiger partial charge on any atom is 0.265 e. The molecule has 2 aliphatic heterocycles.